The summed E-state index contributed by atoms with van der Waals surface area (Å²) in [5.41, 5.74) is -3.42. The number of hydrogen-bond acceptors (Lipinski definition) is 6. The molecule has 0 aromatic rings. The predicted octanol–water partition coefficient (Wildman–Crippen LogP) is 1.28. The summed E-state index contributed by atoms with van der Waals surface area (Å²) in [6.07, 6.45) is -0.740. The average molecular weight is 241 g/mol. The van der Waals surface area contributed by atoms with Gasteiger partial charge in [0.1, 0.15) is 0 Å². The minimum Gasteiger partial charge on any atom is -0.357 e. The SMILES string of the molecule is CCOC1CC(C#N)(C#N)C(C#N)(C#N)C(C)=N1. The zero-order chi connectivity index (χ0) is 13.8. The number of aliphatic imine (C=N–C) groups is 1. The maximum atomic E-state index is 9.26. The molecule has 0 amide bonds. The minimum atomic E-state index is -1.83. The first-order valence-electron chi connectivity index (χ1n) is 5.37. The summed E-state index contributed by atoms with van der Waals surface area (Å²) in [5, 5.41) is 37.0. The summed E-state index contributed by atoms with van der Waals surface area (Å²) < 4.78 is 5.29. The first-order valence-corrected chi connectivity index (χ1v) is 5.37. The van der Waals surface area contributed by atoms with E-state index in [2.05, 4.69) is 4.99 Å². The topological polar surface area (TPSA) is 117 Å². The molecule has 0 radical (unpaired) electrons. The van der Waals surface area contributed by atoms with Crippen molar-refractivity contribution in [2.24, 2.45) is 15.8 Å². The van der Waals surface area contributed by atoms with Gasteiger partial charge in [-0.3, -0.25) is 4.99 Å². The second-order valence-electron chi connectivity index (χ2n) is 3.93. The van der Waals surface area contributed by atoms with Gasteiger partial charge < -0.3 is 4.74 Å². The highest BCUT2D eigenvalue weighted by molar-refractivity contribution is 5.96. The standard InChI is InChI=1S/C12H11N5O/c1-3-18-10-4-11(5-13,6-14)12(7-15,8-16)9(2)17-10/h10H,3-4H2,1-2H3. The van der Waals surface area contributed by atoms with Crippen LogP contribution in [0.3, 0.4) is 0 Å². The van der Waals surface area contributed by atoms with Gasteiger partial charge in [0, 0.05) is 18.7 Å². The van der Waals surface area contributed by atoms with Gasteiger partial charge in [-0.25, -0.2) is 0 Å². The van der Waals surface area contributed by atoms with E-state index in [0.717, 1.165) is 0 Å². The fourth-order valence-electron chi connectivity index (χ4n) is 2.03. The molecular weight excluding hydrogens is 230 g/mol. The van der Waals surface area contributed by atoms with Crippen molar-refractivity contribution in [1.29, 1.82) is 21.0 Å². The van der Waals surface area contributed by atoms with Crippen molar-refractivity contribution in [3.8, 4) is 24.3 Å². The van der Waals surface area contributed by atoms with E-state index in [1.165, 1.54) is 6.92 Å². The van der Waals surface area contributed by atoms with Crippen molar-refractivity contribution >= 4 is 5.71 Å². The third kappa shape index (κ3) is 1.61. The molecule has 0 saturated carbocycles. The van der Waals surface area contributed by atoms with E-state index in [0.29, 0.717) is 6.61 Å². The Balaban J connectivity index is 3.47. The molecule has 1 aliphatic heterocycles. The normalized spacial score (nSPS) is 23.7. The largest absolute Gasteiger partial charge is 0.357 e. The number of ether oxygens (including phenoxy) is 1. The molecule has 1 atom stereocenters. The number of hydrogen-bond donors (Lipinski definition) is 0. The fourth-order valence-corrected chi connectivity index (χ4v) is 2.03. The Morgan fingerprint density at radius 1 is 1.22 bits per heavy atom. The molecule has 0 fully saturated rings. The van der Waals surface area contributed by atoms with Crippen LogP contribution in [0.2, 0.25) is 0 Å². The molecule has 1 unspecified atom stereocenters. The quantitative estimate of drug-likeness (QED) is 0.721. The molecule has 6 nitrogen and oxygen atoms in total. The highest BCUT2D eigenvalue weighted by Gasteiger charge is 2.60. The van der Waals surface area contributed by atoms with E-state index in [1.807, 2.05) is 12.1 Å². The molecule has 1 heterocycles. The van der Waals surface area contributed by atoms with Crippen LogP contribution in [0.4, 0.5) is 0 Å². The summed E-state index contributed by atoms with van der Waals surface area (Å²) >= 11 is 0. The van der Waals surface area contributed by atoms with Crippen LogP contribution in [0, 0.1) is 56.2 Å². The van der Waals surface area contributed by atoms with E-state index >= 15 is 0 Å². The van der Waals surface area contributed by atoms with Crippen LogP contribution in [-0.2, 0) is 4.74 Å². The molecule has 0 aliphatic carbocycles. The van der Waals surface area contributed by atoms with Crippen LogP contribution in [0.5, 0.6) is 0 Å². The summed E-state index contributed by atoms with van der Waals surface area (Å²) in [4.78, 5) is 4.11. The van der Waals surface area contributed by atoms with Crippen molar-refractivity contribution < 1.29 is 4.74 Å². The number of rotatable bonds is 2. The van der Waals surface area contributed by atoms with E-state index in [9.17, 15) is 21.0 Å². The van der Waals surface area contributed by atoms with Gasteiger partial charge in [-0.15, -0.1) is 0 Å². The van der Waals surface area contributed by atoms with Gasteiger partial charge in [0.05, 0.1) is 24.3 Å². The first-order chi connectivity index (χ1) is 8.55. The number of nitrogens with zero attached hydrogens (tertiary/aromatic N) is 5. The Hall–Kier alpha value is -2.41. The van der Waals surface area contributed by atoms with Crippen molar-refractivity contribution in [3.63, 3.8) is 0 Å². The molecule has 0 saturated heterocycles. The maximum absolute atomic E-state index is 9.26. The Bertz CT molecular complexity index is 509. The molecule has 18 heavy (non-hydrogen) atoms. The van der Waals surface area contributed by atoms with Gasteiger partial charge in [-0.1, -0.05) is 0 Å². The third-order valence-corrected chi connectivity index (χ3v) is 3.08. The zero-order valence-electron chi connectivity index (χ0n) is 10.1. The van der Waals surface area contributed by atoms with Gasteiger partial charge in [0.25, 0.3) is 0 Å². The predicted molar refractivity (Wildman–Crippen MR) is 60.5 cm³/mol. The molecule has 0 bridgehead atoms. The van der Waals surface area contributed by atoms with Crippen LogP contribution >= 0.6 is 0 Å². The molecule has 0 aromatic heterocycles. The zero-order valence-corrected chi connectivity index (χ0v) is 10.1. The minimum absolute atomic E-state index is 0.0771. The van der Waals surface area contributed by atoms with Crippen molar-refractivity contribution in [2.45, 2.75) is 26.5 Å². The van der Waals surface area contributed by atoms with Crippen LogP contribution in [0.1, 0.15) is 20.3 Å². The lowest BCUT2D eigenvalue weighted by atomic mass is 9.60. The lowest BCUT2D eigenvalue weighted by Gasteiger charge is -2.37. The summed E-state index contributed by atoms with van der Waals surface area (Å²) in [7, 11) is 0. The Kier molecular flexibility index (Phi) is 3.67. The van der Waals surface area contributed by atoms with Crippen molar-refractivity contribution in [3.05, 3.63) is 0 Å². The molecule has 0 spiro atoms. The smallest absolute Gasteiger partial charge is 0.212 e. The Morgan fingerprint density at radius 2 is 1.78 bits per heavy atom. The molecule has 1 rings (SSSR count). The van der Waals surface area contributed by atoms with Gasteiger partial charge in [-0.05, 0) is 13.8 Å². The van der Waals surface area contributed by atoms with Crippen LogP contribution < -0.4 is 0 Å². The van der Waals surface area contributed by atoms with E-state index in [1.54, 1.807) is 19.1 Å². The second-order valence-corrected chi connectivity index (χ2v) is 3.93. The van der Waals surface area contributed by atoms with Crippen LogP contribution in [0.25, 0.3) is 0 Å². The fraction of sp³-hybridized carbons (Fsp3) is 0.583. The van der Waals surface area contributed by atoms with Gasteiger partial charge in [-0.2, -0.15) is 21.0 Å². The summed E-state index contributed by atoms with van der Waals surface area (Å²) in [6, 6.07) is 7.18. The van der Waals surface area contributed by atoms with Crippen LogP contribution in [-0.4, -0.2) is 18.5 Å². The third-order valence-electron chi connectivity index (χ3n) is 3.08. The van der Waals surface area contributed by atoms with E-state index in [-0.39, 0.29) is 12.1 Å². The molecule has 1 aliphatic rings. The van der Waals surface area contributed by atoms with Crippen LogP contribution in [0.15, 0.2) is 4.99 Å². The van der Waals surface area contributed by atoms with Gasteiger partial charge in [0.15, 0.2) is 11.6 Å². The van der Waals surface area contributed by atoms with Crippen molar-refractivity contribution in [2.75, 3.05) is 6.61 Å². The highest BCUT2D eigenvalue weighted by atomic mass is 16.5. The van der Waals surface area contributed by atoms with E-state index < -0.39 is 17.1 Å². The Labute approximate surface area is 105 Å². The Morgan fingerprint density at radius 3 is 2.17 bits per heavy atom. The summed E-state index contributed by atoms with van der Waals surface area (Å²) in [6.45, 7) is 3.61. The molecule has 0 aromatic carbocycles. The van der Waals surface area contributed by atoms with Gasteiger partial charge >= 0.3 is 0 Å². The monoisotopic (exact) mass is 241 g/mol. The molecule has 90 valence electrons. The maximum Gasteiger partial charge on any atom is 0.212 e. The van der Waals surface area contributed by atoms with E-state index in [4.69, 9.17) is 4.74 Å². The van der Waals surface area contributed by atoms with Crippen molar-refractivity contribution in [1.82, 2.24) is 0 Å². The second kappa shape index (κ2) is 4.84. The number of nitriles is 4. The first kappa shape index (κ1) is 13.7. The highest BCUT2D eigenvalue weighted by Crippen LogP contribution is 2.46. The average Bonchev–Trinajstić information content (AvgIpc) is 2.39. The molecule has 6 heteroatoms. The molecule has 0 N–H and O–H groups in total. The molecular formula is C12H11N5O. The van der Waals surface area contributed by atoms with Gasteiger partial charge in [0.2, 0.25) is 5.41 Å². The summed E-state index contributed by atoms with van der Waals surface area (Å²) in [5.74, 6) is 0. The lowest BCUT2D eigenvalue weighted by molar-refractivity contribution is 0.0342. The lowest BCUT2D eigenvalue weighted by Crippen LogP contribution is -2.49.